The fraction of sp³-hybridized carbons (Fsp3) is 0.364. The van der Waals surface area contributed by atoms with Gasteiger partial charge in [0.2, 0.25) is 0 Å². The van der Waals surface area contributed by atoms with Crippen molar-refractivity contribution in [2.75, 3.05) is 6.61 Å². The zero-order valence-corrected chi connectivity index (χ0v) is 8.74. The first-order chi connectivity index (χ1) is 7.45. The molecule has 1 aromatic rings. The molecule has 16 heavy (non-hydrogen) atoms. The SMILES string of the molecule is CCOc1ccc(CC(F)(F)C(=O)O)cc1. The van der Waals surface area contributed by atoms with E-state index in [1.54, 1.807) is 0 Å². The van der Waals surface area contributed by atoms with E-state index < -0.39 is 18.3 Å². The second-order valence-electron chi connectivity index (χ2n) is 3.26. The van der Waals surface area contributed by atoms with Crippen molar-refractivity contribution in [3.8, 4) is 5.75 Å². The van der Waals surface area contributed by atoms with Crippen LogP contribution in [-0.4, -0.2) is 23.6 Å². The second-order valence-corrected chi connectivity index (χ2v) is 3.26. The predicted molar refractivity (Wildman–Crippen MR) is 53.9 cm³/mol. The Morgan fingerprint density at radius 1 is 1.38 bits per heavy atom. The average Bonchev–Trinajstić information content (AvgIpc) is 2.21. The molecule has 0 bridgehead atoms. The minimum absolute atomic E-state index is 0.260. The lowest BCUT2D eigenvalue weighted by Crippen LogP contribution is -2.30. The maximum absolute atomic E-state index is 12.8. The molecule has 0 fully saturated rings. The fourth-order valence-corrected chi connectivity index (χ4v) is 1.20. The van der Waals surface area contributed by atoms with Crippen LogP contribution in [0.25, 0.3) is 0 Å². The monoisotopic (exact) mass is 230 g/mol. The molecule has 0 aliphatic heterocycles. The largest absolute Gasteiger partial charge is 0.494 e. The van der Waals surface area contributed by atoms with Gasteiger partial charge in [-0.2, -0.15) is 8.78 Å². The highest BCUT2D eigenvalue weighted by Gasteiger charge is 2.38. The van der Waals surface area contributed by atoms with Crippen molar-refractivity contribution in [2.45, 2.75) is 19.3 Å². The van der Waals surface area contributed by atoms with Crippen LogP contribution >= 0.6 is 0 Å². The Kier molecular flexibility index (Phi) is 3.82. The predicted octanol–water partition coefficient (Wildman–Crippen LogP) is 2.35. The van der Waals surface area contributed by atoms with E-state index in [4.69, 9.17) is 9.84 Å². The van der Waals surface area contributed by atoms with Crippen molar-refractivity contribution in [1.29, 1.82) is 0 Å². The molecule has 88 valence electrons. The van der Waals surface area contributed by atoms with E-state index in [1.807, 2.05) is 6.92 Å². The summed E-state index contributed by atoms with van der Waals surface area (Å²) < 4.78 is 30.8. The van der Waals surface area contributed by atoms with Crippen LogP contribution in [0.2, 0.25) is 0 Å². The quantitative estimate of drug-likeness (QED) is 0.844. The number of hydrogen-bond donors (Lipinski definition) is 1. The maximum Gasteiger partial charge on any atom is 0.374 e. The number of rotatable bonds is 5. The van der Waals surface area contributed by atoms with Crippen molar-refractivity contribution in [3.05, 3.63) is 29.8 Å². The van der Waals surface area contributed by atoms with Crippen molar-refractivity contribution in [2.24, 2.45) is 0 Å². The lowest BCUT2D eigenvalue weighted by atomic mass is 10.1. The van der Waals surface area contributed by atoms with Gasteiger partial charge in [-0.3, -0.25) is 0 Å². The maximum atomic E-state index is 12.8. The highest BCUT2D eigenvalue weighted by Crippen LogP contribution is 2.22. The van der Waals surface area contributed by atoms with Crippen LogP contribution in [0.1, 0.15) is 12.5 Å². The number of carboxylic acid groups (broad SMARTS) is 1. The molecule has 0 spiro atoms. The van der Waals surface area contributed by atoms with Crippen LogP contribution in [0.3, 0.4) is 0 Å². The Bertz CT molecular complexity index is 360. The summed E-state index contributed by atoms with van der Waals surface area (Å²) in [4.78, 5) is 10.2. The first-order valence-electron chi connectivity index (χ1n) is 4.78. The second kappa shape index (κ2) is 4.92. The summed E-state index contributed by atoms with van der Waals surface area (Å²) >= 11 is 0. The van der Waals surface area contributed by atoms with Gasteiger partial charge in [0.25, 0.3) is 0 Å². The zero-order valence-electron chi connectivity index (χ0n) is 8.74. The minimum Gasteiger partial charge on any atom is -0.494 e. The van der Waals surface area contributed by atoms with Gasteiger partial charge in [-0.15, -0.1) is 0 Å². The highest BCUT2D eigenvalue weighted by molar-refractivity contribution is 5.75. The third-order valence-electron chi connectivity index (χ3n) is 1.97. The van der Waals surface area contributed by atoms with E-state index in [-0.39, 0.29) is 5.56 Å². The molecule has 0 aromatic heterocycles. The Morgan fingerprint density at radius 3 is 2.38 bits per heavy atom. The number of carbonyl (C=O) groups is 1. The van der Waals surface area contributed by atoms with Gasteiger partial charge in [-0.25, -0.2) is 4.79 Å². The van der Waals surface area contributed by atoms with E-state index in [0.29, 0.717) is 12.4 Å². The summed E-state index contributed by atoms with van der Waals surface area (Å²) in [5, 5.41) is 8.27. The van der Waals surface area contributed by atoms with Crippen LogP contribution in [0.5, 0.6) is 5.75 Å². The molecule has 0 unspecified atom stereocenters. The van der Waals surface area contributed by atoms with Crippen LogP contribution in [0.4, 0.5) is 8.78 Å². The summed E-state index contributed by atoms with van der Waals surface area (Å²) in [7, 11) is 0. The van der Waals surface area contributed by atoms with Crippen molar-refractivity contribution in [1.82, 2.24) is 0 Å². The number of halogens is 2. The third-order valence-corrected chi connectivity index (χ3v) is 1.97. The Morgan fingerprint density at radius 2 is 1.94 bits per heavy atom. The van der Waals surface area contributed by atoms with Gasteiger partial charge in [0.1, 0.15) is 5.75 Å². The first-order valence-corrected chi connectivity index (χ1v) is 4.78. The van der Waals surface area contributed by atoms with Gasteiger partial charge in [0.05, 0.1) is 6.61 Å². The van der Waals surface area contributed by atoms with Crippen LogP contribution in [-0.2, 0) is 11.2 Å². The standard InChI is InChI=1S/C11H12F2O3/c1-2-16-9-5-3-8(4-6-9)7-11(12,13)10(14)15/h3-6H,2,7H2,1H3,(H,14,15). The summed E-state index contributed by atoms with van der Waals surface area (Å²) in [6.07, 6.45) is -0.811. The molecule has 0 saturated heterocycles. The summed E-state index contributed by atoms with van der Waals surface area (Å²) in [5.74, 6) is -5.26. The van der Waals surface area contributed by atoms with E-state index in [1.165, 1.54) is 24.3 Å². The fourth-order valence-electron chi connectivity index (χ4n) is 1.20. The molecular weight excluding hydrogens is 218 g/mol. The van der Waals surface area contributed by atoms with E-state index >= 15 is 0 Å². The molecule has 0 aliphatic rings. The number of benzene rings is 1. The molecule has 3 nitrogen and oxygen atoms in total. The topological polar surface area (TPSA) is 46.5 Å². The first kappa shape index (κ1) is 12.4. The van der Waals surface area contributed by atoms with Crippen LogP contribution < -0.4 is 4.74 Å². The molecule has 0 saturated carbocycles. The van der Waals surface area contributed by atoms with Gasteiger partial charge < -0.3 is 9.84 Å². The molecule has 1 aromatic carbocycles. The number of carboxylic acids is 1. The highest BCUT2D eigenvalue weighted by atomic mass is 19.3. The minimum atomic E-state index is -3.73. The molecule has 1 rings (SSSR count). The van der Waals surface area contributed by atoms with Crippen LogP contribution in [0.15, 0.2) is 24.3 Å². The van der Waals surface area contributed by atoms with Crippen molar-refractivity contribution < 1.29 is 23.4 Å². The van der Waals surface area contributed by atoms with E-state index in [9.17, 15) is 13.6 Å². The summed E-state index contributed by atoms with van der Waals surface area (Å²) in [6.45, 7) is 2.30. The van der Waals surface area contributed by atoms with Crippen LogP contribution in [0, 0.1) is 0 Å². The number of hydrogen-bond acceptors (Lipinski definition) is 2. The Hall–Kier alpha value is -1.65. The van der Waals surface area contributed by atoms with E-state index in [2.05, 4.69) is 0 Å². The van der Waals surface area contributed by atoms with Gasteiger partial charge >= 0.3 is 11.9 Å². The van der Waals surface area contributed by atoms with Crippen molar-refractivity contribution >= 4 is 5.97 Å². The summed E-state index contributed by atoms with van der Waals surface area (Å²) in [5.41, 5.74) is 0.260. The molecule has 1 N–H and O–H groups in total. The van der Waals surface area contributed by atoms with Gasteiger partial charge in [-0.1, -0.05) is 12.1 Å². The molecule has 0 heterocycles. The number of aliphatic carboxylic acids is 1. The van der Waals surface area contributed by atoms with Gasteiger partial charge in [-0.05, 0) is 24.6 Å². The average molecular weight is 230 g/mol. The Labute approximate surface area is 91.7 Å². The Balaban J connectivity index is 2.72. The number of alkyl halides is 2. The van der Waals surface area contributed by atoms with E-state index in [0.717, 1.165) is 0 Å². The smallest absolute Gasteiger partial charge is 0.374 e. The van der Waals surface area contributed by atoms with Gasteiger partial charge in [0.15, 0.2) is 0 Å². The lowest BCUT2D eigenvalue weighted by molar-refractivity contribution is -0.164. The zero-order chi connectivity index (χ0) is 12.2. The normalized spacial score (nSPS) is 11.2. The molecule has 0 amide bonds. The molecule has 0 radical (unpaired) electrons. The summed E-state index contributed by atoms with van der Waals surface area (Å²) in [6, 6.07) is 5.94. The number of ether oxygens (including phenoxy) is 1. The molecular formula is C11H12F2O3. The lowest BCUT2D eigenvalue weighted by Gasteiger charge is -2.11. The molecule has 5 heteroatoms. The van der Waals surface area contributed by atoms with Crippen molar-refractivity contribution in [3.63, 3.8) is 0 Å². The third kappa shape index (κ3) is 3.18. The molecule has 0 aliphatic carbocycles. The van der Waals surface area contributed by atoms with Gasteiger partial charge in [0, 0.05) is 6.42 Å². The molecule has 0 atom stereocenters.